The molecule has 106 valence electrons. The van der Waals surface area contributed by atoms with Crippen LogP contribution in [0.1, 0.15) is 26.3 Å². The average Bonchev–Trinajstić information content (AvgIpc) is 2.37. The fourth-order valence-electron chi connectivity index (χ4n) is 1.96. The molecule has 0 amide bonds. The fourth-order valence-corrected chi connectivity index (χ4v) is 1.96. The second-order valence-electron chi connectivity index (χ2n) is 6.15. The van der Waals surface area contributed by atoms with E-state index in [1.807, 2.05) is 25.2 Å². The maximum Gasteiger partial charge on any atom is 0.135 e. The van der Waals surface area contributed by atoms with Crippen LogP contribution in [0.4, 0.5) is 17.3 Å². The van der Waals surface area contributed by atoms with E-state index in [2.05, 4.69) is 67.2 Å². The first kappa shape index (κ1) is 14.4. The van der Waals surface area contributed by atoms with Crippen molar-refractivity contribution in [2.24, 2.45) is 0 Å². The van der Waals surface area contributed by atoms with Crippen LogP contribution >= 0.6 is 0 Å². The molecule has 3 nitrogen and oxygen atoms in total. The molecule has 0 aliphatic carbocycles. The molecular weight excluding hydrogens is 246 g/mol. The van der Waals surface area contributed by atoms with Gasteiger partial charge in [0, 0.05) is 18.3 Å². The largest absolute Gasteiger partial charge is 0.365 e. The van der Waals surface area contributed by atoms with E-state index in [1.54, 1.807) is 0 Å². The van der Waals surface area contributed by atoms with Gasteiger partial charge in [0.05, 0.1) is 0 Å². The summed E-state index contributed by atoms with van der Waals surface area (Å²) >= 11 is 0. The number of benzene rings is 1. The maximum atomic E-state index is 4.67. The van der Waals surface area contributed by atoms with Crippen molar-refractivity contribution in [2.75, 3.05) is 17.3 Å². The van der Waals surface area contributed by atoms with Crippen LogP contribution in [0.3, 0.4) is 0 Å². The van der Waals surface area contributed by atoms with Crippen molar-refractivity contribution >= 4 is 17.3 Å². The highest BCUT2D eigenvalue weighted by atomic mass is 15.2. The Balaban J connectivity index is 2.24. The number of aryl methyl sites for hydroxylation is 1. The molecule has 0 unspecified atom stereocenters. The molecule has 1 heterocycles. The summed E-state index contributed by atoms with van der Waals surface area (Å²) in [7, 11) is 2.04. The highest BCUT2D eigenvalue weighted by Gasteiger charge is 2.11. The van der Waals surface area contributed by atoms with E-state index in [0.29, 0.717) is 0 Å². The number of rotatable bonds is 3. The molecule has 0 spiro atoms. The van der Waals surface area contributed by atoms with Crippen LogP contribution in [0, 0.1) is 6.92 Å². The van der Waals surface area contributed by atoms with Crippen LogP contribution in [-0.2, 0) is 0 Å². The highest BCUT2D eigenvalue weighted by molar-refractivity contribution is 5.61. The molecule has 2 rings (SSSR count). The van der Waals surface area contributed by atoms with E-state index in [9.17, 15) is 0 Å². The van der Waals surface area contributed by atoms with Crippen LogP contribution in [0.25, 0.3) is 0 Å². The summed E-state index contributed by atoms with van der Waals surface area (Å²) in [5, 5.41) is 3.40. The van der Waals surface area contributed by atoms with Gasteiger partial charge >= 0.3 is 0 Å². The molecule has 0 atom stereocenters. The van der Waals surface area contributed by atoms with Gasteiger partial charge in [-0.3, -0.25) is 0 Å². The molecule has 0 saturated heterocycles. The third-order valence-corrected chi connectivity index (χ3v) is 3.00. The fraction of sp³-hybridized carbons (Fsp3) is 0.353. The topological polar surface area (TPSA) is 28.2 Å². The summed E-state index contributed by atoms with van der Waals surface area (Å²) in [4.78, 5) is 6.76. The molecule has 0 aliphatic heterocycles. The van der Waals surface area contributed by atoms with Crippen LogP contribution in [0.15, 0.2) is 42.5 Å². The molecule has 2 aromatic rings. The Labute approximate surface area is 121 Å². The standard InChI is InChI=1S/C17H23N3/c1-13-9-11-14(12-10-13)20(5)16-8-6-7-15(18-16)19-17(2,3)4/h6-12H,1-5H3,(H,18,19). The number of nitrogens with one attached hydrogen (secondary N) is 1. The molecular formula is C17H23N3. The van der Waals surface area contributed by atoms with E-state index in [0.717, 1.165) is 17.3 Å². The Morgan fingerprint density at radius 1 is 1.00 bits per heavy atom. The molecule has 0 aliphatic rings. The summed E-state index contributed by atoms with van der Waals surface area (Å²) in [6.07, 6.45) is 0. The lowest BCUT2D eigenvalue weighted by Gasteiger charge is -2.23. The number of hydrogen-bond acceptors (Lipinski definition) is 3. The second kappa shape index (κ2) is 5.53. The number of anilines is 3. The van der Waals surface area contributed by atoms with Crippen molar-refractivity contribution in [3.63, 3.8) is 0 Å². The van der Waals surface area contributed by atoms with Gasteiger partial charge in [-0.15, -0.1) is 0 Å². The van der Waals surface area contributed by atoms with Crippen molar-refractivity contribution in [3.05, 3.63) is 48.0 Å². The average molecular weight is 269 g/mol. The van der Waals surface area contributed by atoms with E-state index < -0.39 is 0 Å². The molecule has 1 aromatic carbocycles. The normalized spacial score (nSPS) is 11.2. The van der Waals surface area contributed by atoms with Crippen LogP contribution in [0.2, 0.25) is 0 Å². The van der Waals surface area contributed by atoms with Gasteiger partial charge in [0.2, 0.25) is 0 Å². The first-order valence-corrected chi connectivity index (χ1v) is 6.91. The van der Waals surface area contributed by atoms with Gasteiger partial charge in [-0.05, 0) is 52.0 Å². The lowest BCUT2D eigenvalue weighted by atomic mass is 10.1. The minimum Gasteiger partial charge on any atom is -0.365 e. The zero-order valence-corrected chi connectivity index (χ0v) is 12.9. The summed E-state index contributed by atoms with van der Waals surface area (Å²) < 4.78 is 0. The Hall–Kier alpha value is -2.03. The predicted molar refractivity (Wildman–Crippen MR) is 86.9 cm³/mol. The number of nitrogens with zero attached hydrogens (tertiary/aromatic N) is 2. The van der Waals surface area contributed by atoms with Crippen LogP contribution < -0.4 is 10.2 Å². The Kier molecular flexibility index (Phi) is 3.98. The zero-order chi connectivity index (χ0) is 14.8. The van der Waals surface area contributed by atoms with E-state index in [1.165, 1.54) is 5.56 Å². The smallest absolute Gasteiger partial charge is 0.135 e. The molecule has 0 fully saturated rings. The molecule has 1 N–H and O–H groups in total. The third kappa shape index (κ3) is 3.73. The van der Waals surface area contributed by atoms with Crippen molar-refractivity contribution < 1.29 is 0 Å². The lowest BCUT2D eigenvalue weighted by molar-refractivity contribution is 0.630. The van der Waals surface area contributed by atoms with Crippen LogP contribution in [-0.4, -0.2) is 17.6 Å². The number of hydrogen-bond donors (Lipinski definition) is 1. The van der Waals surface area contributed by atoms with Gasteiger partial charge in [0.25, 0.3) is 0 Å². The first-order chi connectivity index (χ1) is 9.35. The van der Waals surface area contributed by atoms with Gasteiger partial charge < -0.3 is 10.2 Å². The summed E-state index contributed by atoms with van der Waals surface area (Å²) in [6, 6.07) is 14.5. The Morgan fingerprint density at radius 3 is 2.25 bits per heavy atom. The summed E-state index contributed by atoms with van der Waals surface area (Å²) in [6.45, 7) is 8.48. The summed E-state index contributed by atoms with van der Waals surface area (Å²) in [5.74, 6) is 1.83. The van der Waals surface area contributed by atoms with Gasteiger partial charge in [-0.25, -0.2) is 4.98 Å². The van der Waals surface area contributed by atoms with Gasteiger partial charge in [0.15, 0.2) is 0 Å². The molecule has 0 bridgehead atoms. The summed E-state index contributed by atoms with van der Waals surface area (Å²) in [5.41, 5.74) is 2.41. The van der Waals surface area contributed by atoms with E-state index >= 15 is 0 Å². The number of aromatic nitrogens is 1. The highest BCUT2D eigenvalue weighted by Crippen LogP contribution is 2.23. The maximum absolute atomic E-state index is 4.67. The van der Waals surface area contributed by atoms with Gasteiger partial charge in [-0.2, -0.15) is 0 Å². The van der Waals surface area contributed by atoms with Crippen molar-refractivity contribution in [1.29, 1.82) is 0 Å². The molecule has 20 heavy (non-hydrogen) atoms. The zero-order valence-electron chi connectivity index (χ0n) is 12.9. The van der Waals surface area contributed by atoms with E-state index in [4.69, 9.17) is 0 Å². The SMILES string of the molecule is Cc1ccc(N(C)c2cccc(NC(C)(C)C)n2)cc1. The Bertz CT molecular complexity index is 568. The molecule has 0 radical (unpaired) electrons. The molecule has 3 heteroatoms. The van der Waals surface area contributed by atoms with Gasteiger partial charge in [0.1, 0.15) is 11.6 Å². The second-order valence-corrected chi connectivity index (χ2v) is 6.15. The first-order valence-electron chi connectivity index (χ1n) is 6.91. The van der Waals surface area contributed by atoms with Gasteiger partial charge in [-0.1, -0.05) is 23.8 Å². The predicted octanol–water partition coefficient (Wildman–Crippen LogP) is 4.37. The van der Waals surface area contributed by atoms with Crippen molar-refractivity contribution in [2.45, 2.75) is 33.2 Å². The van der Waals surface area contributed by atoms with Crippen molar-refractivity contribution in [3.8, 4) is 0 Å². The third-order valence-electron chi connectivity index (χ3n) is 3.00. The number of pyridine rings is 1. The minimum atomic E-state index is 0.00799. The molecule has 0 saturated carbocycles. The minimum absolute atomic E-state index is 0.00799. The molecule has 1 aromatic heterocycles. The van der Waals surface area contributed by atoms with Crippen LogP contribution in [0.5, 0.6) is 0 Å². The monoisotopic (exact) mass is 269 g/mol. The quantitative estimate of drug-likeness (QED) is 0.897. The van der Waals surface area contributed by atoms with Crippen molar-refractivity contribution in [1.82, 2.24) is 4.98 Å². The lowest BCUT2D eigenvalue weighted by Crippen LogP contribution is -2.27. The Morgan fingerprint density at radius 2 is 1.65 bits per heavy atom. The van der Waals surface area contributed by atoms with E-state index in [-0.39, 0.29) is 5.54 Å².